The van der Waals surface area contributed by atoms with Crippen LogP contribution in [0.25, 0.3) is 5.57 Å². The summed E-state index contributed by atoms with van der Waals surface area (Å²) < 4.78 is 32.8. The maximum atomic E-state index is 13.6. The molecule has 3 heterocycles. The van der Waals surface area contributed by atoms with Crippen LogP contribution in [-0.2, 0) is 47.7 Å². The lowest BCUT2D eigenvalue weighted by atomic mass is 9.96. The number of ether oxygens (including phenoxy) is 5. The summed E-state index contributed by atoms with van der Waals surface area (Å²) in [5.41, 5.74) is 0.510. The molecule has 2 aliphatic heterocycles. The Balaban J connectivity index is 2.08. The monoisotopic (exact) mass is 555 g/mol. The van der Waals surface area contributed by atoms with Crippen molar-refractivity contribution in [2.45, 2.75) is 65.3 Å². The second-order valence-corrected chi connectivity index (χ2v) is 9.71. The van der Waals surface area contributed by atoms with Gasteiger partial charge in [-0.05, 0) is 19.1 Å². The normalized spacial score (nSPS) is 26.9. The first-order valence-electron chi connectivity index (χ1n) is 11.0. The van der Waals surface area contributed by atoms with Gasteiger partial charge in [-0.2, -0.15) is 0 Å². The smallest absolute Gasteiger partial charge is 0.303 e. The van der Waals surface area contributed by atoms with Crippen LogP contribution in [0.4, 0.5) is 0 Å². The summed E-state index contributed by atoms with van der Waals surface area (Å²) in [4.78, 5) is 62.4. The number of amides is 1. The molecule has 1 aromatic rings. The van der Waals surface area contributed by atoms with Gasteiger partial charge < -0.3 is 28.1 Å². The van der Waals surface area contributed by atoms with Crippen LogP contribution in [0.1, 0.15) is 40.4 Å². The number of allylic oxidation sites excluding steroid dienone is 1. The van der Waals surface area contributed by atoms with Gasteiger partial charge in [0.1, 0.15) is 18.5 Å². The molecule has 0 saturated carbocycles. The molecule has 2 fully saturated rings. The minimum absolute atomic E-state index is 0.0619. The highest BCUT2D eigenvalue weighted by atomic mass is 32.2. The zero-order valence-electron chi connectivity index (χ0n) is 20.6. The van der Waals surface area contributed by atoms with Crippen molar-refractivity contribution in [3.63, 3.8) is 0 Å². The van der Waals surface area contributed by atoms with E-state index in [1.165, 1.54) is 6.26 Å². The van der Waals surface area contributed by atoms with Gasteiger partial charge in [-0.15, -0.1) is 0 Å². The Labute approximate surface area is 221 Å². The molecule has 1 amide bonds. The Kier molecular flexibility index (Phi) is 9.10. The van der Waals surface area contributed by atoms with Crippen LogP contribution < -0.4 is 0 Å². The van der Waals surface area contributed by atoms with Crippen molar-refractivity contribution in [1.82, 2.24) is 4.90 Å². The molecule has 0 bridgehead atoms. The molecule has 3 rings (SSSR count). The molecule has 0 aliphatic carbocycles. The third-order valence-electron chi connectivity index (χ3n) is 5.25. The average Bonchev–Trinajstić information content (AvgIpc) is 3.42. The molecule has 2 saturated heterocycles. The standard InChI is InChI=1S/C23H25NO11S2/c1-10(15-7-6-8-30-15)20-21(29)24(23(36)37-20)22-19(34-14(5)28)18(33-13(4)27)17(32-12(3)26)16(35-22)9-31-11(2)25/h6-8,16-19,22H,9H2,1-5H3. The van der Waals surface area contributed by atoms with Crippen molar-refractivity contribution in [1.29, 1.82) is 0 Å². The molecule has 0 radical (unpaired) electrons. The second kappa shape index (κ2) is 11.9. The van der Waals surface area contributed by atoms with Crippen molar-refractivity contribution < 1.29 is 52.1 Å². The van der Waals surface area contributed by atoms with E-state index in [4.69, 9.17) is 40.3 Å². The molecule has 0 N–H and O–H groups in total. The molecule has 0 aromatic carbocycles. The van der Waals surface area contributed by atoms with E-state index >= 15 is 0 Å². The van der Waals surface area contributed by atoms with E-state index in [0.717, 1.165) is 44.4 Å². The first kappa shape index (κ1) is 28.3. The molecule has 0 spiro atoms. The zero-order valence-corrected chi connectivity index (χ0v) is 22.2. The number of hydrogen-bond donors (Lipinski definition) is 0. The highest BCUT2D eigenvalue weighted by molar-refractivity contribution is 8.26. The number of esters is 4. The summed E-state index contributed by atoms with van der Waals surface area (Å²) in [7, 11) is 0. The predicted octanol–water partition coefficient (Wildman–Crippen LogP) is 1.95. The maximum absolute atomic E-state index is 13.6. The number of carbonyl (C=O) groups is 5. The van der Waals surface area contributed by atoms with Gasteiger partial charge in [0.25, 0.3) is 5.91 Å². The van der Waals surface area contributed by atoms with Crippen LogP contribution in [0.15, 0.2) is 27.7 Å². The molecule has 200 valence electrons. The quantitative estimate of drug-likeness (QED) is 0.209. The third-order valence-corrected chi connectivity index (χ3v) is 6.75. The molecular weight excluding hydrogens is 530 g/mol. The first-order chi connectivity index (χ1) is 17.4. The highest BCUT2D eigenvalue weighted by Gasteiger charge is 2.56. The van der Waals surface area contributed by atoms with Crippen LogP contribution in [0, 0.1) is 0 Å². The summed E-state index contributed by atoms with van der Waals surface area (Å²) in [6, 6.07) is 3.34. The number of hydrogen-bond acceptors (Lipinski definition) is 13. The second-order valence-electron chi connectivity index (χ2n) is 8.06. The van der Waals surface area contributed by atoms with Gasteiger partial charge in [0.05, 0.1) is 11.2 Å². The van der Waals surface area contributed by atoms with Crippen LogP contribution in [-0.4, -0.2) is 76.3 Å². The topological polar surface area (TPSA) is 148 Å². The third kappa shape index (κ3) is 6.56. The number of nitrogens with zero attached hydrogens (tertiary/aromatic N) is 1. The molecular formula is C23H25NO11S2. The van der Waals surface area contributed by atoms with E-state index in [9.17, 15) is 24.0 Å². The van der Waals surface area contributed by atoms with E-state index in [-0.39, 0.29) is 9.23 Å². The van der Waals surface area contributed by atoms with E-state index in [1.54, 1.807) is 19.1 Å². The van der Waals surface area contributed by atoms with E-state index in [0.29, 0.717) is 11.3 Å². The van der Waals surface area contributed by atoms with Crippen LogP contribution in [0.3, 0.4) is 0 Å². The molecule has 2 aliphatic rings. The van der Waals surface area contributed by atoms with Gasteiger partial charge in [-0.3, -0.25) is 28.9 Å². The molecule has 37 heavy (non-hydrogen) atoms. The maximum Gasteiger partial charge on any atom is 0.303 e. The van der Waals surface area contributed by atoms with E-state index < -0.39 is 67.0 Å². The summed E-state index contributed by atoms with van der Waals surface area (Å²) in [5.74, 6) is -3.13. The molecule has 1 aromatic heterocycles. The number of thiocarbonyl (C=S) groups is 1. The van der Waals surface area contributed by atoms with Crippen molar-refractivity contribution in [3.8, 4) is 0 Å². The lowest BCUT2D eigenvalue weighted by Crippen LogP contribution is -2.66. The molecule has 5 unspecified atom stereocenters. The van der Waals surface area contributed by atoms with Crippen LogP contribution in [0.2, 0.25) is 0 Å². The Hall–Kier alpha value is -3.23. The summed E-state index contributed by atoms with van der Waals surface area (Å²) >= 11 is 6.44. The fourth-order valence-corrected chi connectivity index (χ4v) is 5.18. The first-order valence-corrected chi connectivity index (χ1v) is 12.2. The van der Waals surface area contributed by atoms with Crippen molar-refractivity contribution in [2.75, 3.05) is 6.61 Å². The van der Waals surface area contributed by atoms with Gasteiger partial charge in [0.15, 0.2) is 28.9 Å². The number of rotatable bonds is 7. The van der Waals surface area contributed by atoms with Crippen molar-refractivity contribution in [3.05, 3.63) is 29.1 Å². The summed E-state index contributed by atoms with van der Waals surface area (Å²) in [6.07, 6.45) is -5.41. The van der Waals surface area contributed by atoms with E-state index in [2.05, 4.69) is 0 Å². The molecule has 12 nitrogen and oxygen atoms in total. The Morgan fingerprint density at radius 2 is 1.54 bits per heavy atom. The van der Waals surface area contributed by atoms with Gasteiger partial charge in [0.2, 0.25) is 0 Å². The molecule has 5 atom stereocenters. The van der Waals surface area contributed by atoms with Crippen LogP contribution >= 0.6 is 24.0 Å². The number of furan rings is 1. The summed E-state index contributed by atoms with van der Waals surface area (Å²) in [6.45, 7) is 5.75. The molecule has 14 heteroatoms. The fourth-order valence-electron chi connectivity index (χ4n) is 3.85. The number of carbonyl (C=O) groups excluding carboxylic acids is 5. The fraction of sp³-hybridized carbons (Fsp3) is 0.478. The Bertz CT molecular complexity index is 1130. The lowest BCUT2D eigenvalue weighted by molar-refractivity contribution is -0.268. The van der Waals surface area contributed by atoms with Crippen molar-refractivity contribution >= 4 is 63.7 Å². The van der Waals surface area contributed by atoms with Gasteiger partial charge in [-0.25, -0.2) is 0 Å². The Morgan fingerprint density at radius 1 is 0.946 bits per heavy atom. The lowest BCUT2D eigenvalue weighted by Gasteiger charge is -2.46. The van der Waals surface area contributed by atoms with Crippen LogP contribution in [0.5, 0.6) is 0 Å². The average molecular weight is 556 g/mol. The largest absolute Gasteiger partial charge is 0.465 e. The van der Waals surface area contributed by atoms with Gasteiger partial charge in [-0.1, -0.05) is 24.0 Å². The number of thioether (sulfide) groups is 1. The minimum atomic E-state index is -1.45. The SMILES string of the molecule is CC(=O)OCC1OC(N2C(=O)C(=C(C)c3ccco3)SC2=S)C(OC(C)=O)C(OC(C)=O)C1OC(C)=O. The highest BCUT2D eigenvalue weighted by Crippen LogP contribution is 2.41. The van der Waals surface area contributed by atoms with Crippen molar-refractivity contribution in [2.24, 2.45) is 0 Å². The van der Waals surface area contributed by atoms with Gasteiger partial charge >= 0.3 is 23.9 Å². The van der Waals surface area contributed by atoms with E-state index in [1.807, 2.05) is 0 Å². The zero-order chi connectivity index (χ0) is 27.4. The minimum Gasteiger partial charge on any atom is -0.465 e. The van der Waals surface area contributed by atoms with Gasteiger partial charge in [0, 0.05) is 33.3 Å². The predicted molar refractivity (Wildman–Crippen MR) is 130 cm³/mol. The summed E-state index contributed by atoms with van der Waals surface area (Å²) in [5, 5.41) is 0. The Morgan fingerprint density at radius 3 is 2.08 bits per heavy atom.